The standard InChI is InChI=1S/C21H24N4O2/c1-3-25(4-2)18-9-7-16(8-10-18)24-17-11-12-22-20(14-17)21(26)23-15-19-6-5-13-27-19/h5-14H,3-4,15H2,1-2H3,(H,22,24)(H,23,26). The van der Waals surface area contributed by atoms with E-state index in [1.165, 1.54) is 5.69 Å². The van der Waals surface area contributed by atoms with E-state index >= 15 is 0 Å². The molecule has 0 unspecified atom stereocenters. The molecule has 1 amide bonds. The molecule has 2 aromatic heterocycles. The first-order valence-electron chi connectivity index (χ1n) is 9.08. The largest absolute Gasteiger partial charge is 0.467 e. The first-order chi connectivity index (χ1) is 13.2. The van der Waals surface area contributed by atoms with Gasteiger partial charge in [-0.25, -0.2) is 0 Å². The predicted octanol–water partition coefficient (Wildman–Crippen LogP) is 4.19. The fourth-order valence-corrected chi connectivity index (χ4v) is 2.81. The Hall–Kier alpha value is -3.28. The Morgan fingerprint density at radius 1 is 1.07 bits per heavy atom. The molecule has 2 heterocycles. The number of benzene rings is 1. The number of rotatable bonds is 8. The summed E-state index contributed by atoms with van der Waals surface area (Å²) in [6, 6.07) is 15.4. The highest BCUT2D eigenvalue weighted by Crippen LogP contribution is 2.21. The Balaban J connectivity index is 1.64. The number of amides is 1. The van der Waals surface area contributed by atoms with E-state index in [4.69, 9.17) is 4.42 Å². The van der Waals surface area contributed by atoms with Crippen molar-refractivity contribution < 1.29 is 9.21 Å². The maximum Gasteiger partial charge on any atom is 0.270 e. The van der Waals surface area contributed by atoms with Crippen LogP contribution in [0.25, 0.3) is 0 Å². The highest BCUT2D eigenvalue weighted by Gasteiger charge is 2.09. The molecule has 0 aliphatic heterocycles. The fraction of sp³-hybridized carbons (Fsp3) is 0.238. The topological polar surface area (TPSA) is 70.4 Å². The second-order valence-corrected chi connectivity index (χ2v) is 6.04. The Morgan fingerprint density at radius 3 is 2.52 bits per heavy atom. The summed E-state index contributed by atoms with van der Waals surface area (Å²) in [5.41, 5.74) is 3.31. The van der Waals surface area contributed by atoms with Crippen LogP contribution in [0.5, 0.6) is 0 Å². The number of carbonyl (C=O) groups excluding carboxylic acids is 1. The van der Waals surface area contributed by atoms with E-state index in [2.05, 4.69) is 46.5 Å². The second kappa shape index (κ2) is 8.89. The van der Waals surface area contributed by atoms with Crippen LogP contribution in [0.4, 0.5) is 17.1 Å². The summed E-state index contributed by atoms with van der Waals surface area (Å²) in [5, 5.41) is 6.11. The van der Waals surface area contributed by atoms with Crippen molar-refractivity contribution >= 4 is 23.0 Å². The lowest BCUT2D eigenvalue weighted by Crippen LogP contribution is -2.23. The highest BCUT2D eigenvalue weighted by molar-refractivity contribution is 5.93. The number of aromatic nitrogens is 1. The van der Waals surface area contributed by atoms with E-state index in [0.29, 0.717) is 18.0 Å². The Morgan fingerprint density at radius 2 is 1.85 bits per heavy atom. The molecule has 1 aromatic carbocycles. The van der Waals surface area contributed by atoms with Gasteiger partial charge < -0.3 is 20.0 Å². The maximum atomic E-state index is 12.3. The average Bonchev–Trinajstić information content (AvgIpc) is 3.22. The molecule has 6 heteroatoms. The summed E-state index contributed by atoms with van der Waals surface area (Å²) in [5.74, 6) is 0.456. The number of hydrogen-bond acceptors (Lipinski definition) is 5. The van der Waals surface area contributed by atoms with Gasteiger partial charge in [0, 0.05) is 36.3 Å². The first kappa shape index (κ1) is 18.5. The summed E-state index contributed by atoms with van der Waals surface area (Å²) in [4.78, 5) is 18.7. The molecule has 3 aromatic rings. The lowest BCUT2D eigenvalue weighted by Gasteiger charge is -2.21. The molecule has 0 fully saturated rings. The molecular formula is C21H24N4O2. The van der Waals surface area contributed by atoms with Gasteiger partial charge in [-0.2, -0.15) is 0 Å². The minimum Gasteiger partial charge on any atom is -0.467 e. The van der Waals surface area contributed by atoms with E-state index in [1.54, 1.807) is 24.6 Å². The average molecular weight is 364 g/mol. The van der Waals surface area contributed by atoms with Crippen molar-refractivity contribution in [2.45, 2.75) is 20.4 Å². The van der Waals surface area contributed by atoms with Crippen LogP contribution in [0.3, 0.4) is 0 Å². The van der Waals surface area contributed by atoms with Gasteiger partial charge in [-0.3, -0.25) is 9.78 Å². The summed E-state index contributed by atoms with van der Waals surface area (Å²) in [7, 11) is 0. The van der Waals surface area contributed by atoms with Crippen molar-refractivity contribution in [2.24, 2.45) is 0 Å². The Bertz CT molecular complexity index is 856. The van der Waals surface area contributed by atoms with E-state index in [-0.39, 0.29) is 5.91 Å². The number of nitrogens with one attached hydrogen (secondary N) is 2. The van der Waals surface area contributed by atoms with Gasteiger partial charge in [-0.1, -0.05) is 0 Å². The van der Waals surface area contributed by atoms with Gasteiger partial charge in [0.25, 0.3) is 5.91 Å². The number of furan rings is 1. The molecule has 27 heavy (non-hydrogen) atoms. The molecular weight excluding hydrogens is 340 g/mol. The van der Waals surface area contributed by atoms with Crippen molar-refractivity contribution in [3.63, 3.8) is 0 Å². The van der Waals surface area contributed by atoms with Crippen molar-refractivity contribution in [3.8, 4) is 0 Å². The summed E-state index contributed by atoms with van der Waals surface area (Å²) in [6.45, 7) is 6.57. The van der Waals surface area contributed by atoms with E-state index < -0.39 is 0 Å². The molecule has 0 atom stereocenters. The summed E-state index contributed by atoms with van der Waals surface area (Å²) >= 11 is 0. The zero-order valence-corrected chi connectivity index (χ0v) is 15.6. The lowest BCUT2D eigenvalue weighted by molar-refractivity contribution is 0.0943. The van der Waals surface area contributed by atoms with Gasteiger partial charge in [0.05, 0.1) is 12.8 Å². The van der Waals surface area contributed by atoms with Gasteiger partial charge in [0.1, 0.15) is 11.5 Å². The van der Waals surface area contributed by atoms with Gasteiger partial charge in [-0.15, -0.1) is 0 Å². The second-order valence-electron chi connectivity index (χ2n) is 6.04. The molecule has 0 bridgehead atoms. The van der Waals surface area contributed by atoms with Crippen LogP contribution in [0.15, 0.2) is 65.4 Å². The third-order valence-electron chi connectivity index (χ3n) is 4.28. The Labute approximate surface area is 159 Å². The minimum absolute atomic E-state index is 0.244. The van der Waals surface area contributed by atoms with E-state index in [1.807, 2.05) is 24.3 Å². The predicted molar refractivity (Wildman–Crippen MR) is 107 cm³/mol. The molecule has 6 nitrogen and oxygen atoms in total. The molecule has 0 saturated carbocycles. The molecule has 2 N–H and O–H groups in total. The first-order valence-corrected chi connectivity index (χ1v) is 9.08. The van der Waals surface area contributed by atoms with Crippen LogP contribution in [-0.2, 0) is 6.54 Å². The molecule has 0 radical (unpaired) electrons. The third-order valence-corrected chi connectivity index (χ3v) is 4.28. The van der Waals surface area contributed by atoms with Gasteiger partial charge in [-0.05, 0) is 62.4 Å². The molecule has 3 rings (SSSR count). The van der Waals surface area contributed by atoms with Crippen LogP contribution >= 0.6 is 0 Å². The summed E-state index contributed by atoms with van der Waals surface area (Å²) in [6.07, 6.45) is 3.20. The fourth-order valence-electron chi connectivity index (χ4n) is 2.81. The number of hydrogen-bond donors (Lipinski definition) is 2. The normalized spacial score (nSPS) is 10.4. The monoisotopic (exact) mass is 364 g/mol. The maximum absolute atomic E-state index is 12.3. The molecule has 0 spiro atoms. The van der Waals surface area contributed by atoms with Crippen LogP contribution in [0.2, 0.25) is 0 Å². The third kappa shape index (κ3) is 4.88. The lowest BCUT2D eigenvalue weighted by atomic mass is 10.2. The molecule has 0 aliphatic rings. The van der Waals surface area contributed by atoms with Gasteiger partial charge >= 0.3 is 0 Å². The van der Waals surface area contributed by atoms with Crippen LogP contribution < -0.4 is 15.5 Å². The van der Waals surface area contributed by atoms with Gasteiger partial charge in [0.15, 0.2) is 0 Å². The molecule has 0 aliphatic carbocycles. The zero-order valence-electron chi connectivity index (χ0n) is 15.6. The van der Waals surface area contributed by atoms with Crippen molar-refractivity contribution in [1.82, 2.24) is 10.3 Å². The van der Waals surface area contributed by atoms with E-state index in [0.717, 1.165) is 24.5 Å². The summed E-state index contributed by atoms with van der Waals surface area (Å²) < 4.78 is 5.21. The van der Waals surface area contributed by atoms with Crippen LogP contribution in [0.1, 0.15) is 30.1 Å². The number of pyridine rings is 1. The molecule has 0 saturated heterocycles. The van der Waals surface area contributed by atoms with Gasteiger partial charge in [0.2, 0.25) is 0 Å². The van der Waals surface area contributed by atoms with E-state index in [9.17, 15) is 4.79 Å². The van der Waals surface area contributed by atoms with Crippen molar-refractivity contribution in [2.75, 3.05) is 23.3 Å². The number of nitrogens with zero attached hydrogens (tertiary/aromatic N) is 2. The van der Waals surface area contributed by atoms with Crippen LogP contribution in [0, 0.1) is 0 Å². The zero-order chi connectivity index (χ0) is 19.1. The Kier molecular flexibility index (Phi) is 6.10. The highest BCUT2D eigenvalue weighted by atomic mass is 16.3. The SMILES string of the molecule is CCN(CC)c1ccc(Nc2ccnc(C(=O)NCc3ccco3)c2)cc1. The van der Waals surface area contributed by atoms with Crippen molar-refractivity contribution in [3.05, 3.63) is 72.4 Å². The molecule has 140 valence electrons. The van der Waals surface area contributed by atoms with Crippen LogP contribution in [-0.4, -0.2) is 24.0 Å². The van der Waals surface area contributed by atoms with Crippen molar-refractivity contribution in [1.29, 1.82) is 0 Å². The quantitative estimate of drug-likeness (QED) is 0.627. The minimum atomic E-state index is -0.244. The smallest absolute Gasteiger partial charge is 0.270 e. The number of carbonyl (C=O) groups is 1. The number of anilines is 3.